The third kappa shape index (κ3) is 4.15. The van der Waals surface area contributed by atoms with E-state index in [1.165, 1.54) is 11.1 Å². The molecule has 0 saturated carbocycles. The van der Waals surface area contributed by atoms with Gasteiger partial charge in [0, 0.05) is 27.9 Å². The van der Waals surface area contributed by atoms with Crippen molar-refractivity contribution in [3.63, 3.8) is 0 Å². The highest BCUT2D eigenvalue weighted by atomic mass is 35.5. The van der Waals surface area contributed by atoms with E-state index in [-0.39, 0.29) is 0 Å². The normalized spacial score (nSPS) is 11.4. The van der Waals surface area contributed by atoms with Crippen LogP contribution in [0.4, 0.5) is 5.69 Å². The Morgan fingerprint density at radius 1 is 1.07 bits per heavy atom. The highest BCUT2D eigenvalue weighted by molar-refractivity contribution is 6.31. The van der Waals surface area contributed by atoms with E-state index < -0.39 is 0 Å². The van der Waals surface area contributed by atoms with Gasteiger partial charge in [0.1, 0.15) is 0 Å². The molecule has 146 valence electrons. The number of pyridine rings is 1. The van der Waals surface area contributed by atoms with Gasteiger partial charge in [-0.15, -0.1) is 0 Å². The van der Waals surface area contributed by atoms with Gasteiger partial charge in [-0.25, -0.2) is 0 Å². The summed E-state index contributed by atoms with van der Waals surface area (Å²) in [6.45, 7) is 6.91. The lowest BCUT2D eigenvalue weighted by Gasteiger charge is -2.06. The van der Waals surface area contributed by atoms with Crippen LogP contribution in [0, 0.1) is 20.8 Å². The summed E-state index contributed by atoms with van der Waals surface area (Å²) >= 11 is 6.06. The largest absolute Gasteiger partial charge is 0.278 e. The molecule has 0 amide bonds. The molecule has 5 nitrogen and oxygen atoms in total. The van der Waals surface area contributed by atoms with E-state index in [1.807, 2.05) is 42.1 Å². The third-order valence-corrected chi connectivity index (χ3v) is 5.21. The van der Waals surface area contributed by atoms with Crippen molar-refractivity contribution in [1.29, 1.82) is 0 Å². The minimum absolute atomic E-state index is 0.665. The molecule has 0 radical (unpaired) electrons. The molecular formula is C23H22ClN5. The Kier molecular flexibility index (Phi) is 5.32. The summed E-state index contributed by atoms with van der Waals surface area (Å²) in [6, 6.07) is 16.1. The van der Waals surface area contributed by atoms with Gasteiger partial charge in [-0.2, -0.15) is 10.2 Å². The Labute approximate surface area is 175 Å². The van der Waals surface area contributed by atoms with Crippen LogP contribution >= 0.6 is 11.6 Å². The molecule has 2 heterocycles. The first-order valence-electron chi connectivity index (χ1n) is 9.44. The highest BCUT2D eigenvalue weighted by Gasteiger charge is 2.10. The second-order valence-electron chi connectivity index (χ2n) is 7.12. The van der Waals surface area contributed by atoms with Gasteiger partial charge in [0.15, 0.2) is 0 Å². The van der Waals surface area contributed by atoms with Gasteiger partial charge in [0.05, 0.1) is 29.7 Å². The zero-order chi connectivity index (χ0) is 20.4. The summed E-state index contributed by atoms with van der Waals surface area (Å²) in [5, 5.41) is 10.8. The average molecular weight is 404 g/mol. The van der Waals surface area contributed by atoms with Crippen molar-refractivity contribution in [2.75, 3.05) is 5.43 Å². The number of aromatic nitrogens is 3. The molecule has 2 aromatic carbocycles. The summed E-state index contributed by atoms with van der Waals surface area (Å²) in [5.41, 5.74) is 10.4. The molecule has 0 spiro atoms. The van der Waals surface area contributed by atoms with Gasteiger partial charge in [-0.1, -0.05) is 41.4 Å². The highest BCUT2D eigenvalue weighted by Crippen LogP contribution is 2.24. The standard InChI is InChI=1S/C23H22ClN5/c1-15-4-6-18(7-5-15)14-29-17(3)21(16(2)28-29)13-26-27-22-10-11-25-23-12-19(24)8-9-20(22)23/h4-13H,14H2,1-3H3,(H,25,27). The lowest BCUT2D eigenvalue weighted by molar-refractivity contribution is 0.659. The number of hydrogen-bond donors (Lipinski definition) is 1. The topological polar surface area (TPSA) is 55.1 Å². The lowest BCUT2D eigenvalue weighted by atomic mass is 10.1. The number of fused-ring (bicyclic) bond motifs is 1. The number of rotatable bonds is 5. The monoisotopic (exact) mass is 403 g/mol. The second kappa shape index (κ2) is 8.05. The second-order valence-corrected chi connectivity index (χ2v) is 7.55. The van der Waals surface area contributed by atoms with Crippen molar-refractivity contribution in [2.24, 2.45) is 5.10 Å². The van der Waals surface area contributed by atoms with Crippen molar-refractivity contribution in [2.45, 2.75) is 27.3 Å². The molecule has 0 unspecified atom stereocenters. The molecule has 0 atom stereocenters. The van der Waals surface area contributed by atoms with Crippen LogP contribution < -0.4 is 5.43 Å². The molecule has 0 bridgehead atoms. The van der Waals surface area contributed by atoms with E-state index in [2.05, 4.69) is 58.7 Å². The molecule has 2 aromatic heterocycles. The number of benzene rings is 2. The fourth-order valence-electron chi connectivity index (χ4n) is 3.30. The van der Waals surface area contributed by atoms with Crippen LogP contribution in [0.2, 0.25) is 5.02 Å². The summed E-state index contributed by atoms with van der Waals surface area (Å²) in [7, 11) is 0. The zero-order valence-corrected chi connectivity index (χ0v) is 17.4. The van der Waals surface area contributed by atoms with Gasteiger partial charge in [0.2, 0.25) is 0 Å². The molecule has 4 rings (SSSR count). The van der Waals surface area contributed by atoms with E-state index >= 15 is 0 Å². The molecule has 1 N–H and O–H groups in total. The zero-order valence-electron chi connectivity index (χ0n) is 16.6. The van der Waals surface area contributed by atoms with Crippen LogP contribution in [0.3, 0.4) is 0 Å². The summed E-state index contributed by atoms with van der Waals surface area (Å²) in [4.78, 5) is 4.36. The number of anilines is 1. The molecule has 4 aromatic rings. The Morgan fingerprint density at radius 2 is 1.86 bits per heavy atom. The quantitative estimate of drug-likeness (QED) is 0.353. The van der Waals surface area contributed by atoms with Crippen molar-refractivity contribution in [1.82, 2.24) is 14.8 Å². The first-order valence-corrected chi connectivity index (χ1v) is 9.82. The van der Waals surface area contributed by atoms with Gasteiger partial charge in [0.25, 0.3) is 0 Å². The Balaban J connectivity index is 1.55. The maximum Gasteiger partial charge on any atom is 0.0738 e. The van der Waals surface area contributed by atoms with Crippen molar-refractivity contribution in [3.8, 4) is 0 Å². The van der Waals surface area contributed by atoms with Crippen molar-refractivity contribution in [3.05, 3.63) is 87.8 Å². The predicted molar refractivity (Wildman–Crippen MR) is 120 cm³/mol. The summed E-state index contributed by atoms with van der Waals surface area (Å²) in [6.07, 6.45) is 3.57. The van der Waals surface area contributed by atoms with Crippen molar-refractivity contribution >= 4 is 34.4 Å². The van der Waals surface area contributed by atoms with E-state index in [0.29, 0.717) is 5.02 Å². The van der Waals surface area contributed by atoms with Crippen LogP contribution in [0.5, 0.6) is 0 Å². The fourth-order valence-corrected chi connectivity index (χ4v) is 3.47. The van der Waals surface area contributed by atoms with E-state index in [4.69, 9.17) is 11.6 Å². The van der Waals surface area contributed by atoms with E-state index in [1.54, 1.807) is 6.20 Å². The van der Waals surface area contributed by atoms with Gasteiger partial charge in [-0.3, -0.25) is 15.1 Å². The average Bonchev–Trinajstić information content (AvgIpc) is 2.97. The Hall–Kier alpha value is -3.18. The number of nitrogens with one attached hydrogen (secondary N) is 1. The van der Waals surface area contributed by atoms with Gasteiger partial charge >= 0.3 is 0 Å². The maximum atomic E-state index is 6.06. The number of nitrogens with zero attached hydrogens (tertiary/aromatic N) is 4. The SMILES string of the molecule is Cc1ccc(Cn2nc(C)c(C=NNc3ccnc4cc(Cl)ccc34)c2C)cc1. The third-order valence-electron chi connectivity index (χ3n) is 4.97. The summed E-state index contributed by atoms with van der Waals surface area (Å²) in [5.74, 6) is 0. The molecular weight excluding hydrogens is 382 g/mol. The smallest absolute Gasteiger partial charge is 0.0738 e. The number of hydrazone groups is 1. The molecule has 0 aliphatic heterocycles. The molecule has 29 heavy (non-hydrogen) atoms. The first-order chi connectivity index (χ1) is 14.0. The van der Waals surface area contributed by atoms with Gasteiger partial charge < -0.3 is 0 Å². The van der Waals surface area contributed by atoms with Crippen LogP contribution in [0.15, 0.2) is 59.8 Å². The molecule has 0 saturated heterocycles. The first kappa shape index (κ1) is 19.2. The molecule has 0 aliphatic carbocycles. The minimum atomic E-state index is 0.665. The Bertz CT molecular complexity index is 1190. The molecule has 0 aliphatic rings. The van der Waals surface area contributed by atoms with Crippen LogP contribution in [-0.2, 0) is 6.54 Å². The maximum absolute atomic E-state index is 6.06. The minimum Gasteiger partial charge on any atom is -0.278 e. The van der Waals surface area contributed by atoms with Crippen LogP contribution in [0.25, 0.3) is 10.9 Å². The van der Waals surface area contributed by atoms with Crippen molar-refractivity contribution < 1.29 is 0 Å². The van der Waals surface area contributed by atoms with E-state index in [0.717, 1.165) is 40.1 Å². The predicted octanol–water partition coefficient (Wildman–Crippen LogP) is 5.50. The van der Waals surface area contributed by atoms with E-state index in [9.17, 15) is 0 Å². The Morgan fingerprint density at radius 3 is 2.66 bits per heavy atom. The molecule has 6 heteroatoms. The number of aryl methyl sites for hydroxylation is 2. The number of hydrogen-bond acceptors (Lipinski definition) is 4. The van der Waals surface area contributed by atoms with Crippen LogP contribution in [0.1, 0.15) is 28.1 Å². The fraction of sp³-hybridized carbons (Fsp3) is 0.174. The summed E-state index contributed by atoms with van der Waals surface area (Å²) < 4.78 is 2.02. The number of halogens is 1. The molecule has 0 fully saturated rings. The van der Waals surface area contributed by atoms with Gasteiger partial charge in [-0.05, 0) is 50.6 Å². The van der Waals surface area contributed by atoms with Crippen LogP contribution in [-0.4, -0.2) is 21.0 Å². The lowest BCUT2D eigenvalue weighted by Crippen LogP contribution is -2.04.